The molecule has 5 nitrogen and oxygen atoms in total. The Labute approximate surface area is 148 Å². The molecule has 2 N–H and O–H groups in total. The SMILES string of the molecule is CCc1ccc(C(=O)NNC(=O)C(C)Oc2cccc(C)c2C)cc1. The number of carbonyl (C=O) groups excluding carboxylic acids is 2. The topological polar surface area (TPSA) is 67.4 Å². The summed E-state index contributed by atoms with van der Waals surface area (Å²) < 4.78 is 5.69. The van der Waals surface area contributed by atoms with E-state index in [9.17, 15) is 9.59 Å². The lowest BCUT2D eigenvalue weighted by Crippen LogP contribution is -2.47. The number of hydrogen-bond acceptors (Lipinski definition) is 3. The molecular formula is C20H24N2O3. The van der Waals surface area contributed by atoms with Crippen LogP contribution in [0.25, 0.3) is 0 Å². The summed E-state index contributed by atoms with van der Waals surface area (Å²) in [5, 5.41) is 0. The molecule has 0 spiro atoms. The van der Waals surface area contributed by atoms with Crippen LogP contribution in [-0.2, 0) is 11.2 Å². The second-order valence-corrected chi connectivity index (χ2v) is 5.95. The van der Waals surface area contributed by atoms with E-state index in [0.29, 0.717) is 11.3 Å². The van der Waals surface area contributed by atoms with Crippen LogP contribution in [0, 0.1) is 13.8 Å². The highest BCUT2D eigenvalue weighted by molar-refractivity contribution is 5.95. The zero-order chi connectivity index (χ0) is 18.4. The van der Waals surface area contributed by atoms with Crippen LogP contribution < -0.4 is 15.6 Å². The summed E-state index contributed by atoms with van der Waals surface area (Å²) in [7, 11) is 0. The number of nitrogens with one attached hydrogen (secondary N) is 2. The third-order valence-electron chi connectivity index (χ3n) is 4.15. The molecule has 2 aromatic rings. The summed E-state index contributed by atoms with van der Waals surface area (Å²) in [6.07, 6.45) is 0.176. The van der Waals surface area contributed by atoms with Crippen molar-refractivity contribution < 1.29 is 14.3 Å². The van der Waals surface area contributed by atoms with Crippen LogP contribution in [0.3, 0.4) is 0 Å². The summed E-state index contributed by atoms with van der Waals surface area (Å²) in [6, 6.07) is 12.9. The van der Waals surface area contributed by atoms with Crippen LogP contribution in [-0.4, -0.2) is 17.9 Å². The van der Waals surface area contributed by atoms with E-state index in [-0.39, 0.29) is 5.91 Å². The average molecular weight is 340 g/mol. The van der Waals surface area contributed by atoms with Gasteiger partial charge in [0.2, 0.25) is 0 Å². The Hall–Kier alpha value is -2.82. The number of rotatable bonds is 5. The number of benzene rings is 2. The summed E-state index contributed by atoms with van der Waals surface area (Å²) in [5.74, 6) is -0.126. The molecule has 1 unspecified atom stereocenters. The van der Waals surface area contributed by atoms with Gasteiger partial charge in [-0.3, -0.25) is 20.4 Å². The Bertz CT molecular complexity index is 754. The van der Waals surface area contributed by atoms with Gasteiger partial charge in [0.15, 0.2) is 6.10 Å². The van der Waals surface area contributed by atoms with Crippen molar-refractivity contribution in [2.45, 2.75) is 40.2 Å². The highest BCUT2D eigenvalue weighted by Crippen LogP contribution is 2.21. The Morgan fingerprint density at radius 2 is 1.72 bits per heavy atom. The third kappa shape index (κ3) is 4.83. The fraction of sp³-hybridized carbons (Fsp3) is 0.300. The van der Waals surface area contributed by atoms with Gasteiger partial charge < -0.3 is 4.74 Å². The van der Waals surface area contributed by atoms with E-state index in [1.165, 1.54) is 0 Å². The Balaban J connectivity index is 1.90. The van der Waals surface area contributed by atoms with Gasteiger partial charge in [-0.2, -0.15) is 0 Å². The quantitative estimate of drug-likeness (QED) is 0.822. The van der Waals surface area contributed by atoms with Gasteiger partial charge in [-0.1, -0.05) is 31.2 Å². The van der Waals surface area contributed by atoms with Gasteiger partial charge in [0.25, 0.3) is 11.8 Å². The van der Waals surface area contributed by atoms with Gasteiger partial charge in [-0.15, -0.1) is 0 Å². The van der Waals surface area contributed by atoms with E-state index in [1.807, 2.05) is 51.1 Å². The molecule has 0 saturated heterocycles. The lowest BCUT2D eigenvalue weighted by molar-refractivity contribution is -0.128. The average Bonchev–Trinajstić information content (AvgIpc) is 2.63. The standard InChI is InChI=1S/C20H24N2O3/c1-5-16-9-11-17(12-10-16)20(24)22-21-19(23)15(4)25-18-8-6-7-13(2)14(18)3/h6-12,15H,5H2,1-4H3,(H,21,23)(H,22,24). The van der Waals surface area contributed by atoms with Crippen molar-refractivity contribution in [2.24, 2.45) is 0 Å². The first kappa shape index (κ1) is 18.5. The maximum atomic E-state index is 12.1. The van der Waals surface area contributed by atoms with E-state index in [1.54, 1.807) is 19.1 Å². The lowest BCUT2D eigenvalue weighted by atomic mass is 10.1. The van der Waals surface area contributed by atoms with Crippen LogP contribution in [0.5, 0.6) is 5.75 Å². The van der Waals surface area contributed by atoms with Crippen LogP contribution in [0.15, 0.2) is 42.5 Å². The van der Waals surface area contributed by atoms with Crippen molar-refractivity contribution >= 4 is 11.8 Å². The monoisotopic (exact) mass is 340 g/mol. The number of amides is 2. The van der Waals surface area contributed by atoms with Crippen LogP contribution in [0.4, 0.5) is 0 Å². The smallest absolute Gasteiger partial charge is 0.279 e. The Morgan fingerprint density at radius 3 is 2.36 bits per heavy atom. The number of ether oxygens (including phenoxy) is 1. The molecule has 0 saturated carbocycles. The number of hydrazine groups is 1. The maximum Gasteiger partial charge on any atom is 0.279 e. The first-order valence-electron chi connectivity index (χ1n) is 8.34. The minimum absolute atomic E-state index is 0.366. The van der Waals surface area contributed by atoms with E-state index in [4.69, 9.17) is 4.74 Å². The van der Waals surface area contributed by atoms with Crippen molar-refractivity contribution in [3.05, 3.63) is 64.7 Å². The van der Waals surface area contributed by atoms with Gasteiger partial charge >= 0.3 is 0 Å². The molecule has 0 heterocycles. The first-order chi connectivity index (χ1) is 11.9. The van der Waals surface area contributed by atoms with Crippen molar-refractivity contribution in [3.8, 4) is 5.75 Å². The molecule has 0 fully saturated rings. The van der Waals surface area contributed by atoms with E-state index < -0.39 is 12.0 Å². The molecular weight excluding hydrogens is 316 g/mol. The van der Waals surface area contributed by atoms with Gasteiger partial charge in [0.05, 0.1) is 0 Å². The van der Waals surface area contributed by atoms with E-state index >= 15 is 0 Å². The molecule has 0 aliphatic rings. The zero-order valence-corrected chi connectivity index (χ0v) is 15.1. The summed E-state index contributed by atoms with van der Waals surface area (Å²) in [4.78, 5) is 24.2. The highest BCUT2D eigenvalue weighted by Gasteiger charge is 2.17. The number of hydrogen-bond donors (Lipinski definition) is 2. The fourth-order valence-corrected chi connectivity index (χ4v) is 2.28. The highest BCUT2D eigenvalue weighted by atomic mass is 16.5. The predicted molar refractivity (Wildman–Crippen MR) is 97.4 cm³/mol. The Kier molecular flexibility index (Phi) is 6.17. The molecule has 0 bridgehead atoms. The summed E-state index contributed by atoms with van der Waals surface area (Å²) >= 11 is 0. The van der Waals surface area contributed by atoms with Gasteiger partial charge in [0, 0.05) is 5.56 Å². The fourth-order valence-electron chi connectivity index (χ4n) is 2.28. The molecule has 5 heteroatoms. The largest absolute Gasteiger partial charge is 0.481 e. The molecule has 0 aliphatic heterocycles. The minimum atomic E-state index is -0.733. The number of carbonyl (C=O) groups is 2. The second-order valence-electron chi connectivity index (χ2n) is 5.95. The molecule has 0 aromatic heterocycles. The molecule has 25 heavy (non-hydrogen) atoms. The normalized spacial score (nSPS) is 11.5. The minimum Gasteiger partial charge on any atom is -0.481 e. The zero-order valence-electron chi connectivity index (χ0n) is 15.1. The molecule has 132 valence electrons. The lowest BCUT2D eigenvalue weighted by Gasteiger charge is -2.17. The maximum absolute atomic E-state index is 12.1. The molecule has 1 atom stereocenters. The molecule has 0 aliphatic carbocycles. The predicted octanol–water partition coefficient (Wildman–Crippen LogP) is 3.09. The summed E-state index contributed by atoms with van der Waals surface area (Å²) in [5.41, 5.74) is 8.53. The van der Waals surface area contributed by atoms with E-state index in [2.05, 4.69) is 10.9 Å². The van der Waals surface area contributed by atoms with Crippen molar-refractivity contribution in [1.29, 1.82) is 0 Å². The number of aryl methyl sites for hydroxylation is 2. The van der Waals surface area contributed by atoms with Crippen molar-refractivity contribution in [3.63, 3.8) is 0 Å². The molecule has 0 radical (unpaired) electrons. The summed E-state index contributed by atoms with van der Waals surface area (Å²) in [6.45, 7) is 7.61. The van der Waals surface area contributed by atoms with Gasteiger partial charge in [-0.25, -0.2) is 0 Å². The molecule has 2 aromatic carbocycles. The van der Waals surface area contributed by atoms with Crippen LogP contribution >= 0.6 is 0 Å². The Morgan fingerprint density at radius 1 is 1.04 bits per heavy atom. The molecule has 2 amide bonds. The third-order valence-corrected chi connectivity index (χ3v) is 4.15. The van der Waals surface area contributed by atoms with E-state index in [0.717, 1.165) is 23.1 Å². The molecule has 2 rings (SSSR count). The second kappa shape index (κ2) is 8.33. The first-order valence-corrected chi connectivity index (χ1v) is 8.34. The van der Waals surface area contributed by atoms with Gasteiger partial charge in [-0.05, 0) is 62.1 Å². The van der Waals surface area contributed by atoms with Crippen molar-refractivity contribution in [1.82, 2.24) is 10.9 Å². The van der Waals surface area contributed by atoms with Crippen LogP contribution in [0.2, 0.25) is 0 Å². The van der Waals surface area contributed by atoms with Crippen LogP contribution in [0.1, 0.15) is 40.9 Å². The van der Waals surface area contributed by atoms with Crippen molar-refractivity contribution in [2.75, 3.05) is 0 Å². The van der Waals surface area contributed by atoms with Gasteiger partial charge in [0.1, 0.15) is 5.75 Å².